The van der Waals surface area contributed by atoms with Crippen LogP contribution in [-0.4, -0.2) is 23.7 Å². The molecule has 0 aliphatic carbocycles. The molecule has 4 rings (SSSR count). The van der Waals surface area contributed by atoms with E-state index < -0.39 is 11.2 Å². The summed E-state index contributed by atoms with van der Waals surface area (Å²) < 4.78 is 9.91. The molecule has 0 aliphatic rings. The lowest BCUT2D eigenvalue weighted by Gasteiger charge is -2.11. The molecule has 0 unspecified atom stereocenters. The fourth-order valence-corrected chi connectivity index (χ4v) is 3.46. The topological polar surface area (TPSA) is 83.9 Å². The highest BCUT2D eigenvalue weighted by Gasteiger charge is 2.20. The molecule has 0 fully saturated rings. The molecule has 0 radical (unpaired) electrons. The molecular weight excluding hydrogens is 429 g/mol. The van der Waals surface area contributed by atoms with Crippen molar-refractivity contribution in [1.29, 1.82) is 0 Å². The number of ether oxygens (including phenoxy) is 1. The monoisotopic (exact) mass is 445 g/mol. The Hall–Kier alpha value is -3.10. The largest absolute Gasteiger partial charge is 0.460 e. The molecule has 10 heteroatoms. The predicted octanol–water partition coefficient (Wildman–Crippen LogP) is 2.76. The zero-order chi connectivity index (χ0) is 21.4. The number of rotatable bonds is 5. The van der Waals surface area contributed by atoms with E-state index in [4.69, 9.17) is 27.9 Å². The lowest BCUT2D eigenvalue weighted by Crippen LogP contribution is -2.37. The van der Waals surface area contributed by atoms with Crippen LogP contribution >= 0.6 is 23.2 Å². The average Bonchev–Trinajstić information content (AvgIpc) is 3.11. The van der Waals surface area contributed by atoms with Crippen molar-refractivity contribution in [3.63, 3.8) is 0 Å². The minimum Gasteiger partial charge on any atom is -0.460 e. The van der Waals surface area contributed by atoms with Crippen molar-refractivity contribution in [2.24, 2.45) is 14.1 Å². The number of benzene rings is 1. The molecule has 0 amide bonds. The SMILES string of the molecule is Cn1c(=O)c2c(nc(OCc3cccnc3)n2Cc2ccc(Cl)c(Cl)c2)n(C)c1=O. The van der Waals surface area contributed by atoms with E-state index in [-0.39, 0.29) is 30.3 Å². The van der Waals surface area contributed by atoms with E-state index in [0.29, 0.717) is 10.0 Å². The molecule has 4 aromatic rings. The summed E-state index contributed by atoms with van der Waals surface area (Å²) in [7, 11) is 2.99. The minimum absolute atomic E-state index is 0.201. The van der Waals surface area contributed by atoms with E-state index in [2.05, 4.69) is 9.97 Å². The maximum Gasteiger partial charge on any atom is 0.332 e. The summed E-state index contributed by atoms with van der Waals surface area (Å²) in [5.41, 5.74) is 1.21. The van der Waals surface area contributed by atoms with Crippen LogP contribution in [0.25, 0.3) is 11.2 Å². The van der Waals surface area contributed by atoms with Crippen LogP contribution in [0.2, 0.25) is 10.0 Å². The van der Waals surface area contributed by atoms with Gasteiger partial charge in [-0.25, -0.2) is 4.79 Å². The molecule has 0 bridgehead atoms. The molecule has 0 spiro atoms. The van der Waals surface area contributed by atoms with E-state index in [1.165, 1.54) is 11.6 Å². The van der Waals surface area contributed by atoms with Gasteiger partial charge in [-0.1, -0.05) is 35.3 Å². The van der Waals surface area contributed by atoms with Gasteiger partial charge in [0.2, 0.25) is 0 Å². The minimum atomic E-state index is -0.467. The Bertz CT molecular complexity index is 1360. The van der Waals surface area contributed by atoms with E-state index in [1.54, 1.807) is 48.3 Å². The van der Waals surface area contributed by atoms with Crippen LogP contribution in [0.3, 0.4) is 0 Å². The second-order valence-electron chi connectivity index (χ2n) is 6.76. The van der Waals surface area contributed by atoms with Crippen molar-refractivity contribution in [1.82, 2.24) is 23.7 Å². The van der Waals surface area contributed by atoms with Gasteiger partial charge in [0.15, 0.2) is 11.2 Å². The highest BCUT2D eigenvalue weighted by atomic mass is 35.5. The normalized spacial score (nSPS) is 11.2. The third-order valence-electron chi connectivity index (χ3n) is 4.73. The Labute approximate surface area is 180 Å². The predicted molar refractivity (Wildman–Crippen MR) is 114 cm³/mol. The van der Waals surface area contributed by atoms with Crippen molar-refractivity contribution in [3.8, 4) is 6.01 Å². The van der Waals surface area contributed by atoms with Gasteiger partial charge in [-0.2, -0.15) is 4.98 Å². The van der Waals surface area contributed by atoms with Gasteiger partial charge in [0.05, 0.1) is 16.6 Å². The smallest absolute Gasteiger partial charge is 0.332 e. The Morgan fingerprint density at radius 3 is 2.53 bits per heavy atom. The van der Waals surface area contributed by atoms with Crippen LogP contribution in [0.4, 0.5) is 0 Å². The van der Waals surface area contributed by atoms with E-state index in [0.717, 1.165) is 15.7 Å². The quantitative estimate of drug-likeness (QED) is 0.471. The van der Waals surface area contributed by atoms with Gasteiger partial charge in [-0.3, -0.25) is 23.5 Å². The van der Waals surface area contributed by atoms with Crippen molar-refractivity contribution in [3.05, 3.63) is 84.7 Å². The van der Waals surface area contributed by atoms with E-state index in [9.17, 15) is 9.59 Å². The van der Waals surface area contributed by atoms with Crippen LogP contribution in [-0.2, 0) is 27.2 Å². The Morgan fingerprint density at radius 2 is 1.83 bits per heavy atom. The molecule has 3 heterocycles. The zero-order valence-corrected chi connectivity index (χ0v) is 17.7. The summed E-state index contributed by atoms with van der Waals surface area (Å²) in [6.07, 6.45) is 3.35. The van der Waals surface area contributed by atoms with Gasteiger partial charge in [-0.15, -0.1) is 0 Å². The third kappa shape index (κ3) is 3.59. The molecule has 30 heavy (non-hydrogen) atoms. The second kappa shape index (κ2) is 7.97. The van der Waals surface area contributed by atoms with Gasteiger partial charge < -0.3 is 4.74 Å². The number of imidazole rings is 1. The number of nitrogens with zero attached hydrogens (tertiary/aromatic N) is 5. The Morgan fingerprint density at radius 1 is 1.03 bits per heavy atom. The first kappa shape index (κ1) is 20.2. The molecule has 0 aliphatic heterocycles. The summed E-state index contributed by atoms with van der Waals surface area (Å²) in [4.78, 5) is 33.7. The van der Waals surface area contributed by atoms with Crippen molar-refractivity contribution in [2.45, 2.75) is 13.2 Å². The first-order chi connectivity index (χ1) is 14.4. The number of hydrogen-bond acceptors (Lipinski definition) is 5. The summed E-state index contributed by atoms with van der Waals surface area (Å²) in [6.45, 7) is 0.454. The van der Waals surface area contributed by atoms with Gasteiger partial charge in [0, 0.05) is 32.1 Å². The number of halogens is 2. The van der Waals surface area contributed by atoms with Crippen LogP contribution in [0.5, 0.6) is 6.01 Å². The molecule has 154 valence electrons. The molecule has 0 atom stereocenters. The molecule has 3 aromatic heterocycles. The molecule has 1 aromatic carbocycles. The average molecular weight is 446 g/mol. The molecular formula is C20H17Cl2N5O3. The van der Waals surface area contributed by atoms with Crippen molar-refractivity contribution >= 4 is 34.4 Å². The number of aryl methyl sites for hydroxylation is 1. The lowest BCUT2D eigenvalue weighted by molar-refractivity contribution is 0.270. The molecule has 8 nitrogen and oxygen atoms in total. The van der Waals surface area contributed by atoms with Gasteiger partial charge in [-0.05, 0) is 23.8 Å². The summed E-state index contributed by atoms with van der Waals surface area (Å²) >= 11 is 12.2. The van der Waals surface area contributed by atoms with Crippen LogP contribution in [0, 0.1) is 0 Å². The fraction of sp³-hybridized carbons (Fsp3) is 0.200. The van der Waals surface area contributed by atoms with Crippen LogP contribution < -0.4 is 16.0 Å². The lowest BCUT2D eigenvalue weighted by atomic mass is 10.2. The van der Waals surface area contributed by atoms with Gasteiger partial charge >= 0.3 is 5.69 Å². The van der Waals surface area contributed by atoms with Crippen molar-refractivity contribution < 1.29 is 4.74 Å². The van der Waals surface area contributed by atoms with Crippen LogP contribution in [0.15, 0.2) is 52.3 Å². The molecule has 0 N–H and O–H groups in total. The third-order valence-corrected chi connectivity index (χ3v) is 5.47. The van der Waals surface area contributed by atoms with Gasteiger partial charge in [0.25, 0.3) is 11.6 Å². The number of hydrogen-bond donors (Lipinski definition) is 0. The summed E-state index contributed by atoms with van der Waals surface area (Å²) in [6, 6.07) is 9.08. The van der Waals surface area contributed by atoms with Crippen molar-refractivity contribution in [2.75, 3.05) is 0 Å². The van der Waals surface area contributed by atoms with E-state index >= 15 is 0 Å². The van der Waals surface area contributed by atoms with Gasteiger partial charge in [0.1, 0.15) is 6.61 Å². The highest BCUT2D eigenvalue weighted by Crippen LogP contribution is 2.25. The first-order valence-electron chi connectivity index (χ1n) is 8.98. The Kier molecular flexibility index (Phi) is 5.36. The number of fused-ring (bicyclic) bond motifs is 1. The number of pyridine rings is 1. The summed E-state index contributed by atoms with van der Waals surface area (Å²) in [5.74, 6) is 0. The molecule has 0 saturated heterocycles. The first-order valence-corrected chi connectivity index (χ1v) is 9.74. The molecule has 0 saturated carbocycles. The standard InChI is InChI=1S/C20H17Cl2N5O3/c1-25-17-16(18(28)26(2)20(25)29)27(10-12-5-6-14(21)15(22)8-12)19(24-17)30-11-13-4-3-7-23-9-13/h3-9H,10-11H2,1-2H3. The zero-order valence-electron chi connectivity index (χ0n) is 16.2. The Balaban J connectivity index is 1.86. The maximum atomic E-state index is 12.9. The highest BCUT2D eigenvalue weighted by molar-refractivity contribution is 6.42. The fourth-order valence-electron chi connectivity index (χ4n) is 3.14. The number of aromatic nitrogens is 5. The summed E-state index contributed by atoms with van der Waals surface area (Å²) in [5, 5.41) is 0.832. The second-order valence-corrected chi connectivity index (χ2v) is 7.57. The van der Waals surface area contributed by atoms with Crippen LogP contribution in [0.1, 0.15) is 11.1 Å². The maximum absolute atomic E-state index is 12.9. The van der Waals surface area contributed by atoms with E-state index in [1.807, 2.05) is 6.07 Å².